The Kier molecular flexibility index (Phi) is 9.02. The molecule has 0 amide bonds. The summed E-state index contributed by atoms with van der Waals surface area (Å²) in [6.45, 7) is 0.170. The molecule has 0 radical (unpaired) electrons. The quantitative estimate of drug-likeness (QED) is 0.116. The summed E-state index contributed by atoms with van der Waals surface area (Å²) in [6.07, 6.45) is 3.20. The second kappa shape index (κ2) is 14.0. The molecule has 0 atom stereocenters. The van der Waals surface area contributed by atoms with Gasteiger partial charge < -0.3 is 19.4 Å². The monoisotopic (exact) mass is 595 g/mol. The molecule has 0 aliphatic heterocycles. The topological polar surface area (TPSA) is 103 Å². The Morgan fingerprint density at radius 3 is 1.62 bits per heavy atom. The van der Waals surface area contributed by atoms with E-state index >= 15 is 0 Å². The minimum Gasteiger partial charge on any atom is -0.487 e. The maximum Gasteiger partial charge on any atom is 0.344 e. The number of pyridine rings is 2. The van der Waals surface area contributed by atoms with Gasteiger partial charge >= 0.3 is 5.97 Å². The van der Waals surface area contributed by atoms with Crippen LogP contribution in [-0.2, 0) is 22.8 Å². The fourth-order valence-electron chi connectivity index (χ4n) is 4.75. The van der Waals surface area contributed by atoms with Crippen LogP contribution in [0.15, 0.2) is 133 Å². The summed E-state index contributed by atoms with van der Waals surface area (Å²) in [6, 6.07) is 39.4. The molecular weight excluding hydrogens is 566 g/mol. The van der Waals surface area contributed by atoms with E-state index in [2.05, 4.69) is 15.1 Å². The molecule has 8 heteroatoms. The van der Waals surface area contributed by atoms with Crippen LogP contribution in [0.5, 0.6) is 11.5 Å². The van der Waals surface area contributed by atoms with E-state index in [-0.39, 0.29) is 0 Å². The summed E-state index contributed by atoms with van der Waals surface area (Å²) >= 11 is 0. The molecule has 0 aliphatic carbocycles. The van der Waals surface area contributed by atoms with Crippen LogP contribution in [0.2, 0.25) is 0 Å². The van der Waals surface area contributed by atoms with Crippen LogP contribution in [0, 0.1) is 0 Å². The van der Waals surface area contributed by atoms with Gasteiger partial charge in [0.15, 0.2) is 0 Å². The van der Waals surface area contributed by atoms with Crippen molar-refractivity contribution < 1.29 is 24.2 Å². The molecule has 0 saturated heterocycles. The van der Waals surface area contributed by atoms with Gasteiger partial charge in [-0.1, -0.05) is 78.0 Å². The van der Waals surface area contributed by atoms with Gasteiger partial charge in [0.1, 0.15) is 24.7 Å². The Hall–Kier alpha value is -6.02. The number of aliphatic carboxylic acids is 1. The molecular formula is C37H29N3O5. The molecule has 2 heterocycles. The molecule has 0 spiro atoms. The van der Waals surface area contributed by atoms with E-state index in [1.165, 1.54) is 6.21 Å². The van der Waals surface area contributed by atoms with Crippen molar-refractivity contribution in [2.75, 3.05) is 6.61 Å². The minimum atomic E-state index is -1.10. The number of fused-ring (bicyclic) bond motifs is 2. The number of allylic oxidation sites excluding steroid dienone is 1. The molecule has 1 N–H and O–H groups in total. The predicted molar refractivity (Wildman–Crippen MR) is 174 cm³/mol. The highest BCUT2D eigenvalue weighted by Crippen LogP contribution is 2.27. The molecule has 0 aliphatic rings. The van der Waals surface area contributed by atoms with Gasteiger partial charge in [-0.25, -0.2) is 14.8 Å². The zero-order valence-corrected chi connectivity index (χ0v) is 24.2. The van der Waals surface area contributed by atoms with Crippen molar-refractivity contribution in [2.45, 2.75) is 13.2 Å². The van der Waals surface area contributed by atoms with Crippen LogP contribution >= 0.6 is 0 Å². The van der Waals surface area contributed by atoms with Crippen molar-refractivity contribution in [3.8, 4) is 11.5 Å². The van der Waals surface area contributed by atoms with E-state index in [0.29, 0.717) is 24.7 Å². The van der Waals surface area contributed by atoms with Crippen molar-refractivity contribution in [1.82, 2.24) is 9.97 Å². The molecule has 6 aromatic rings. The maximum atomic E-state index is 10.8. The summed E-state index contributed by atoms with van der Waals surface area (Å²) in [5.74, 6) is 0.315. The van der Waals surface area contributed by atoms with E-state index in [4.69, 9.17) is 19.4 Å². The van der Waals surface area contributed by atoms with Crippen molar-refractivity contribution in [3.63, 3.8) is 0 Å². The zero-order valence-electron chi connectivity index (χ0n) is 24.2. The van der Waals surface area contributed by atoms with E-state index in [1.807, 2.05) is 121 Å². The van der Waals surface area contributed by atoms with Gasteiger partial charge in [-0.05, 0) is 71.3 Å². The van der Waals surface area contributed by atoms with Crippen molar-refractivity contribution in [2.24, 2.45) is 5.16 Å². The summed E-state index contributed by atoms with van der Waals surface area (Å²) < 4.78 is 12.0. The summed E-state index contributed by atoms with van der Waals surface area (Å²) in [7, 11) is 0. The normalized spacial score (nSPS) is 11.0. The Balaban J connectivity index is 1.15. The van der Waals surface area contributed by atoms with E-state index < -0.39 is 12.6 Å². The third kappa shape index (κ3) is 7.69. The molecule has 8 nitrogen and oxygen atoms in total. The van der Waals surface area contributed by atoms with E-state index in [1.54, 1.807) is 6.08 Å². The number of carbonyl (C=O) groups is 1. The lowest BCUT2D eigenvalue weighted by Gasteiger charge is -2.12. The van der Waals surface area contributed by atoms with Crippen molar-refractivity contribution in [3.05, 3.63) is 150 Å². The molecule has 6 rings (SSSR count). The first kappa shape index (κ1) is 29.1. The van der Waals surface area contributed by atoms with Crippen LogP contribution in [0.25, 0.3) is 27.4 Å². The van der Waals surface area contributed by atoms with E-state index in [0.717, 1.165) is 49.9 Å². The summed E-state index contributed by atoms with van der Waals surface area (Å²) in [5, 5.41) is 14.7. The van der Waals surface area contributed by atoms with Gasteiger partial charge in [0, 0.05) is 10.8 Å². The molecule has 0 fully saturated rings. The first-order valence-electron chi connectivity index (χ1n) is 14.3. The Morgan fingerprint density at radius 1 is 0.644 bits per heavy atom. The molecule has 222 valence electrons. The number of carboxylic acid groups (broad SMARTS) is 1. The fraction of sp³-hybridized carbons (Fsp3) is 0.0811. The predicted octanol–water partition coefficient (Wildman–Crippen LogP) is 7.46. The lowest BCUT2D eigenvalue weighted by molar-refractivity contribution is -0.142. The highest BCUT2D eigenvalue weighted by molar-refractivity contribution is 5.91. The standard InChI is InChI=1S/C37H29N3O5/c41-37(42)25-45-38-22-21-34(26-11-17-32(18-12-26)43-23-30-15-9-28-5-1-3-7-35(28)39-30)27-13-19-33(20-14-27)44-24-31-16-10-29-6-2-4-8-36(29)40-31/h1-22H,23-25H2,(H,41,42)/b38-22+. The van der Waals surface area contributed by atoms with Gasteiger partial charge in [0.05, 0.1) is 28.6 Å². The third-order valence-electron chi connectivity index (χ3n) is 6.98. The lowest BCUT2D eigenvalue weighted by Crippen LogP contribution is -2.03. The molecule has 0 saturated carbocycles. The van der Waals surface area contributed by atoms with Gasteiger partial charge in [0.2, 0.25) is 6.61 Å². The number of oxime groups is 1. The van der Waals surface area contributed by atoms with Gasteiger partial charge in [0.25, 0.3) is 0 Å². The Morgan fingerprint density at radius 2 is 1.13 bits per heavy atom. The Bertz CT molecular complexity index is 1860. The van der Waals surface area contributed by atoms with Crippen LogP contribution < -0.4 is 9.47 Å². The number of rotatable bonds is 12. The largest absolute Gasteiger partial charge is 0.487 e. The lowest BCUT2D eigenvalue weighted by atomic mass is 9.97. The number of hydrogen-bond acceptors (Lipinski definition) is 7. The average molecular weight is 596 g/mol. The first-order valence-corrected chi connectivity index (χ1v) is 14.3. The highest BCUT2D eigenvalue weighted by atomic mass is 16.6. The number of benzene rings is 4. The smallest absolute Gasteiger partial charge is 0.344 e. The second-order valence-corrected chi connectivity index (χ2v) is 10.1. The number of ether oxygens (including phenoxy) is 2. The molecule has 2 aromatic heterocycles. The molecule has 45 heavy (non-hydrogen) atoms. The molecule has 4 aromatic carbocycles. The number of aromatic nitrogens is 2. The van der Waals surface area contributed by atoms with Crippen LogP contribution in [0.1, 0.15) is 22.5 Å². The number of nitrogens with zero attached hydrogens (tertiary/aromatic N) is 3. The van der Waals surface area contributed by atoms with E-state index in [9.17, 15) is 4.79 Å². The van der Waals surface area contributed by atoms with Gasteiger partial charge in [-0.3, -0.25) is 0 Å². The van der Waals surface area contributed by atoms with Gasteiger partial charge in [-0.15, -0.1) is 0 Å². The van der Waals surface area contributed by atoms with Crippen molar-refractivity contribution in [1.29, 1.82) is 0 Å². The number of para-hydroxylation sites is 2. The highest BCUT2D eigenvalue weighted by Gasteiger charge is 2.08. The second-order valence-electron chi connectivity index (χ2n) is 10.1. The first-order chi connectivity index (χ1) is 22.1. The van der Waals surface area contributed by atoms with Gasteiger partial charge in [-0.2, -0.15) is 0 Å². The summed E-state index contributed by atoms with van der Waals surface area (Å²) in [4.78, 5) is 24.9. The molecule has 0 bridgehead atoms. The number of hydrogen-bond donors (Lipinski definition) is 1. The molecule has 0 unspecified atom stereocenters. The Labute approximate surface area is 259 Å². The minimum absolute atomic E-state index is 0.344. The van der Waals surface area contributed by atoms with Crippen LogP contribution in [0.4, 0.5) is 0 Å². The van der Waals surface area contributed by atoms with Crippen LogP contribution in [-0.4, -0.2) is 33.9 Å². The SMILES string of the molecule is O=C(O)CO/N=C/C=C(c1ccc(OCc2ccc3ccccc3n2)cc1)c1ccc(OCc2ccc3ccccc3n2)cc1. The third-order valence-corrected chi connectivity index (χ3v) is 6.98. The summed E-state index contributed by atoms with van der Waals surface area (Å²) in [5.41, 5.74) is 6.21. The number of carboxylic acids is 1. The zero-order chi connectivity index (χ0) is 30.8. The fourth-order valence-corrected chi connectivity index (χ4v) is 4.75. The van der Waals surface area contributed by atoms with Crippen molar-refractivity contribution >= 4 is 39.6 Å². The maximum absolute atomic E-state index is 10.8. The van der Waals surface area contributed by atoms with Crippen LogP contribution in [0.3, 0.4) is 0 Å². The average Bonchev–Trinajstić information content (AvgIpc) is 3.08.